The zero-order valence-corrected chi connectivity index (χ0v) is 46.6. The molecule has 0 aliphatic carbocycles. The highest BCUT2D eigenvalue weighted by Gasteiger charge is 2.28. The average molecular weight is 1100 g/mol. The number of aromatic nitrogens is 6. The van der Waals surface area contributed by atoms with Crippen LogP contribution in [0.2, 0.25) is 0 Å². The van der Waals surface area contributed by atoms with Crippen molar-refractivity contribution in [2.45, 2.75) is 0 Å². The summed E-state index contributed by atoms with van der Waals surface area (Å²) in [6, 6.07) is 110. The van der Waals surface area contributed by atoms with Crippen LogP contribution in [0.4, 0.5) is 0 Å². The van der Waals surface area contributed by atoms with Gasteiger partial charge in [0.25, 0.3) is 0 Å². The molecule has 13 aromatic carbocycles. The van der Waals surface area contributed by atoms with Gasteiger partial charge in [-0.2, -0.15) is 0 Å². The van der Waals surface area contributed by atoms with E-state index in [2.05, 4.69) is 322 Å². The summed E-state index contributed by atoms with van der Waals surface area (Å²) in [5, 5.41) is 9.20. The van der Waals surface area contributed by atoms with Gasteiger partial charge < -0.3 is 9.13 Å². The molecule has 0 atom stereocenters. The number of hydrogen-bond donors (Lipinski definition) is 0. The number of benzene rings is 13. The van der Waals surface area contributed by atoms with E-state index in [1.807, 2.05) is 0 Å². The van der Waals surface area contributed by atoms with Crippen LogP contribution >= 0.6 is 0 Å². The molecule has 6 heteroatoms. The SMILES string of the molecule is c1ccc(-c2ccc3c(c2)c2ccccc2n3-c2ccc3nc(-n4c5ccccc5c5cc(-c6ccccc6)ccc54)c(-n4c5ccccc5c5cc(-c6ccccc6)ccc54)nc3c2-n2c3ccccc3c3cc(-c4ccccc4)ccc32)cc1. The summed E-state index contributed by atoms with van der Waals surface area (Å²) in [5.41, 5.74) is 21.3. The maximum Gasteiger partial charge on any atom is 0.182 e. The van der Waals surface area contributed by atoms with Gasteiger partial charge in [-0.25, -0.2) is 9.97 Å². The fourth-order valence-electron chi connectivity index (χ4n) is 13.9. The highest BCUT2D eigenvalue weighted by atomic mass is 15.2. The number of nitrogens with zero attached hydrogens (tertiary/aromatic N) is 6. The van der Waals surface area contributed by atoms with E-state index in [4.69, 9.17) is 9.97 Å². The molecule has 5 heterocycles. The summed E-state index contributed by atoms with van der Waals surface area (Å²) >= 11 is 0. The number of fused-ring (bicyclic) bond motifs is 13. The van der Waals surface area contributed by atoms with Crippen LogP contribution in [0.3, 0.4) is 0 Å². The lowest BCUT2D eigenvalue weighted by Gasteiger charge is -2.21. The first kappa shape index (κ1) is 48.0. The van der Waals surface area contributed by atoms with Crippen molar-refractivity contribution in [2.24, 2.45) is 0 Å². The molecular weight excluding hydrogens is 1040 g/mol. The second-order valence-corrected chi connectivity index (χ2v) is 22.5. The Balaban J connectivity index is 1.01. The first-order chi connectivity index (χ1) is 42.7. The Morgan fingerprint density at radius 3 is 0.872 bits per heavy atom. The summed E-state index contributed by atoms with van der Waals surface area (Å²) in [7, 11) is 0. The minimum Gasteiger partial charge on any atom is -0.307 e. The van der Waals surface area contributed by atoms with E-state index in [1.54, 1.807) is 0 Å². The van der Waals surface area contributed by atoms with Crippen LogP contribution in [-0.4, -0.2) is 28.2 Å². The second kappa shape index (κ2) is 19.0. The molecule has 86 heavy (non-hydrogen) atoms. The Bertz CT molecular complexity index is 5600. The van der Waals surface area contributed by atoms with E-state index in [0.29, 0.717) is 5.82 Å². The van der Waals surface area contributed by atoms with Crippen molar-refractivity contribution in [2.75, 3.05) is 0 Å². The number of rotatable bonds is 8. The molecule has 0 unspecified atom stereocenters. The van der Waals surface area contributed by atoms with Gasteiger partial charge in [0, 0.05) is 43.1 Å². The summed E-state index contributed by atoms with van der Waals surface area (Å²) in [4.78, 5) is 12.4. The van der Waals surface area contributed by atoms with Gasteiger partial charge in [-0.15, -0.1) is 0 Å². The Labute approximate surface area is 494 Å². The third-order valence-corrected chi connectivity index (χ3v) is 17.8. The number of para-hydroxylation sites is 4. The zero-order valence-electron chi connectivity index (χ0n) is 46.6. The third-order valence-electron chi connectivity index (χ3n) is 17.8. The van der Waals surface area contributed by atoms with Gasteiger partial charge in [-0.3, -0.25) is 9.13 Å². The predicted molar refractivity (Wildman–Crippen MR) is 359 cm³/mol. The van der Waals surface area contributed by atoms with E-state index < -0.39 is 0 Å². The van der Waals surface area contributed by atoms with E-state index >= 15 is 0 Å². The zero-order chi connectivity index (χ0) is 56.4. The summed E-state index contributed by atoms with van der Waals surface area (Å²) in [5.74, 6) is 1.44. The minimum absolute atomic E-state index is 0.714. The molecular formula is C80H50N6. The highest BCUT2D eigenvalue weighted by Crippen LogP contribution is 2.45. The van der Waals surface area contributed by atoms with Crippen molar-refractivity contribution in [3.63, 3.8) is 0 Å². The van der Waals surface area contributed by atoms with Crippen LogP contribution in [-0.2, 0) is 0 Å². The Hall–Kier alpha value is -11.6. The van der Waals surface area contributed by atoms with Crippen molar-refractivity contribution in [3.05, 3.63) is 303 Å². The van der Waals surface area contributed by atoms with Crippen LogP contribution < -0.4 is 0 Å². The minimum atomic E-state index is 0.714. The molecule has 18 rings (SSSR count). The summed E-state index contributed by atoms with van der Waals surface area (Å²) in [6.45, 7) is 0. The lowest BCUT2D eigenvalue weighted by atomic mass is 10.0. The first-order valence-corrected chi connectivity index (χ1v) is 29.4. The van der Waals surface area contributed by atoms with Crippen LogP contribution in [0.15, 0.2) is 303 Å². The smallest absolute Gasteiger partial charge is 0.182 e. The molecule has 0 aliphatic rings. The van der Waals surface area contributed by atoms with Crippen LogP contribution in [0.25, 0.3) is 166 Å². The molecule has 6 nitrogen and oxygen atoms in total. The maximum atomic E-state index is 6.30. The monoisotopic (exact) mass is 1090 g/mol. The molecule has 0 saturated carbocycles. The van der Waals surface area contributed by atoms with Crippen molar-refractivity contribution < 1.29 is 0 Å². The van der Waals surface area contributed by atoms with Gasteiger partial charge in [0.15, 0.2) is 11.6 Å². The second-order valence-electron chi connectivity index (χ2n) is 22.5. The average Bonchev–Trinajstić information content (AvgIpc) is 1.64. The molecule has 0 radical (unpaired) electrons. The van der Waals surface area contributed by atoms with Gasteiger partial charge >= 0.3 is 0 Å². The fourth-order valence-corrected chi connectivity index (χ4v) is 13.9. The molecule has 0 aliphatic heterocycles. The van der Waals surface area contributed by atoms with Gasteiger partial charge in [-0.1, -0.05) is 218 Å². The Morgan fingerprint density at radius 1 is 0.198 bits per heavy atom. The van der Waals surface area contributed by atoms with E-state index in [0.717, 1.165) is 127 Å². The quantitative estimate of drug-likeness (QED) is 0.152. The first-order valence-electron chi connectivity index (χ1n) is 29.4. The third kappa shape index (κ3) is 7.26. The van der Waals surface area contributed by atoms with E-state index in [9.17, 15) is 0 Å². The predicted octanol–water partition coefficient (Wildman–Crippen LogP) is 20.7. The summed E-state index contributed by atoms with van der Waals surface area (Å²) < 4.78 is 9.67. The van der Waals surface area contributed by atoms with Crippen LogP contribution in [0.5, 0.6) is 0 Å². The molecule has 0 N–H and O–H groups in total. The normalized spacial score (nSPS) is 12.0. The molecule has 0 saturated heterocycles. The van der Waals surface area contributed by atoms with Gasteiger partial charge in [0.2, 0.25) is 0 Å². The van der Waals surface area contributed by atoms with Crippen LogP contribution in [0, 0.1) is 0 Å². The molecule has 18 aromatic rings. The fraction of sp³-hybridized carbons (Fsp3) is 0. The number of hydrogen-bond acceptors (Lipinski definition) is 2. The maximum absolute atomic E-state index is 6.30. The molecule has 0 fully saturated rings. The van der Waals surface area contributed by atoms with Crippen LogP contribution in [0.1, 0.15) is 0 Å². The molecule has 0 spiro atoms. The lowest BCUT2D eigenvalue weighted by Crippen LogP contribution is -2.12. The van der Waals surface area contributed by atoms with Crippen molar-refractivity contribution in [3.8, 4) is 67.5 Å². The Morgan fingerprint density at radius 2 is 0.488 bits per heavy atom. The molecule has 0 bridgehead atoms. The highest BCUT2D eigenvalue weighted by molar-refractivity contribution is 6.16. The Kier molecular flexibility index (Phi) is 10.6. The lowest BCUT2D eigenvalue weighted by molar-refractivity contribution is 0.989. The van der Waals surface area contributed by atoms with Gasteiger partial charge in [-0.05, 0) is 129 Å². The van der Waals surface area contributed by atoms with Gasteiger partial charge in [0.05, 0.1) is 61.0 Å². The van der Waals surface area contributed by atoms with E-state index in [1.165, 1.54) is 33.0 Å². The topological polar surface area (TPSA) is 45.5 Å². The standard InChI is InChI=1S/C80H50N6/c1-5-21-51(22-6-1)55-37-42-72-63(47-55)59-29-13-17-33-68(59)83(72)76-46-41-67-77(78(76)84-69-34-18-14-30-60(69)64-48-56(38-43-73(64)84)52-23-7-2-8-24-52)82-80(86-71-36-20-16-32-62(71)66-50-58(40-45-75(66)86)54-27-11-4-12-28-54)79(81-67)85-70-35-19-15-31-61(70)65-49-57(39-44-74(65)85)53-25-9-3-10-26-53/h1-50H. The van der Waals surface area contributed by atoms with Gasteiger partial charge in [0.1, 0.15) is 5.52 Å². The van der Waals surface area contributed by atoms with Crippen molar-refractivity contribution in [1.29, 1.82) is 0 Å². The molecule has 0 amide bonds. The molecule has 5 aromatic heterocycles. The van der Waals surface area contributed by atoms with Crippen molar-refractivity contribution >= 4 is 98.3 Å². The molecule has 400 valence electrons. The summed E-state index contributed by atoms with van der Waals surface area (Å²) in [6.07, 6.45) is 0. The largest absolute Gasteiger partial charge is 0.307 e. The van der Waals surface area contributed by atoms with E-state index in [-0.39, 0.29) is 0 Å². The van der Waals surface area contributed by atoms with Crippen molar-refractivity contribution in [1.82, 2.24) is 28.2 Å².